The smallest absolute Gasteiger partial charge is 0.223 e. The highest BCUT2D eigenvalue weighted by Gasteiger charge is 2.27. The average molecular weight is 421 g/mol. The number of fused-ring (bicyclic) bond motifs is 1. The Kier molecular flexibility index (Phi) is 6.11. The summed E-state index contributed by atoms with van der Waals surface area (Å²) in [6.45, 7) is 6.64. The number of aromatic nitrogens is 2. The van der Waals surface area contributed by atoms with E-state index in [0.29, 0.717) is 19.5 Å². The van der Waals surface area contributed by atoms with E-state index in [0.717, 1.165) is 48.5 Å². The fraction of sp³-hybridized carbons (Fsp3) is 0.333. The molecule has 0 saturated carbocycles. The van der Waals surface area contributed by atoms with Crippen molar-refractivity contribution < 1.29 is 15.0 Å². The maximum absolute atomic E-state index is 12.6. The quantitative estimate of drug-likeness (QED) is 0.403. The molecular formula is C24H28N4O3. The highest BCUT2D eigenvalue weighted by molar-refractivity contribution is 5.80. The predicted octanol–water partition coefficient (Wildman–Crippen LogP) is 3.21. The fourth-order valence-corrected chi connectivity index (χ4v) is 4.15. The summed E-state index contributed by atoms with van der Waals surface area (Å²) in [5.74, 6) is 0.718. The summed E-state index contributed by atoms with van der Waals surface area (Å²) in [5, 5.41) is 22.0. The largest absolute Gasteiger partial charge is 0.504 e. The maximum Gasteiger partial charge on any atom is 0.223 e. The number of nitrogens with zero attached hydrogens (tertiary/aromatic N) is 3. The molecule has 162 valence electrons. The zero-order valence-electron chi connectivity index (χ0n) is 17.5. The average Bonchev–Trinajstić information content (AvgIpc) is 3.15. The monoisotopic (exact) mass is 420 g/mol. The van der Waals surface area contributed by atoms with Crippen LogP contribution >= 0.6 is 0 Å². The van der Waals surface area contributed by atoms with Gasteiger partial charge in [-0.25, -0.2) is 4.98 Å². The number of imidazole rings is 1. The third kappa shape index (κ3) is 4.50. The third-order valence-electron chi connectivity index (χ3n) is 5.85. The van der Waals surface area contributed by atoms with Crippen LogP contribution in [0.5, 0.6) is 11.5 Å². The molecule has 1 aromatic heterocycles. The first-order valence-electron chi connectivity index (χ1n) is 10.7. The Balaban J connectivity index is 1.32. The molecule has 0 unspecified atom stereocenters. The van der Waals surface area contributed by atoms with Gasteiger partial charge in [-0.1, -0.05) is 24.3 Å². The van der Waals surface area contributed by atoms with E-state index in [4.69, 9.17) is 4.98 Å². The Morgan fingerprint density at radius 2 is 1.94 bits per heavy atom. The molecule has 1 saturated heterocycles. The van der Waals surface area contributed by atoms with Crippen LogP contribution < -0.4 is 10.2 Å². The highest BCUT2D eigenvalue weighted by Crippen LogP contribution is 2.27. The van der Waals surface area contributed by atoms with Gasteiger partial charge in [0.15, 0.2) is 11.5 Å². The van der Waals surface area contributed by atoms with Crippen molar-refractivity contribution in [3.8, 4) is 11.5 Å². The molecule has 1 aliphatic heterocycles. The lowest BCUT2D eigenvalue weighted by Crippen LogP contribution is -2.41. The molecule has 1 fully saturated rings. The van der Waals surface area contributed by atoms with Crippen molar-refractivity contribution in [3.05, 3.63) is 60.7 Å². The van der Waals surface area contributed by atoms with Gasteiger partial charge in [-0.05, 0) is 49.1 Å². The van der Waals surface area contributed by atoms with Crippen LogP contribution in [0, 0.1) is 5.92 Å². The number of phenolic OH excluding ortho intramolecular Hbond substituents is 2. The predicted molar refractivity (Wildman–Crippen MR) is 121 cm³/mol. The summed E-state index contributed by atoms with van der Waals surface area (Å²) in [7, 11) is 0. The van der Waals surface area contributed by atoms with Crippen LogP contribution in [0.25, 0.3) is 11.0 Å². The molecule has 7 nitrogen and oxygen atoms in total. The van der Waals surface area contributed by atoms with E-state index in [-0.39, 0.29) is 23.3 Å². The van der Waals surface area contributed by atoms with Gasteiger partial charge < -0.3 is 25.0 Å². The molecular weight excluding hydrogens is 392 g/mol. The number of para-hydroxylation sites is 2. The first kappa shape index (κ1) is 20.8. The Bertz CT molecular complexity index is 1080. The van der Waals surface area contributed by atoms with Gasteiger partial charge in [0, 0.05) is 32.1 Å². The van der Waals surface area contributed by atoms with Gasteiger partial charge >= 0.3 is 0 Å². The van der Waals surface area contributed by atoms with E-state index in [1.165, 1.54) is 12.1 Å². The van der Waals surface area contributed by atoms with E-state index >= 15 is 0 Å². The molecule has 0 spiro atoms. The molecule has 31 heavy (non-hydrogen) atoms. The molecule has 1 amide bonds. The van der Waals surface area contributed by atoms with E-state index in [9.17, 15) is 15.0 Å². The number of carbonyl (C=O) groups is 1. The minimum atomic E-state index is -0.140. The number of hydrogen-bond donors (Lipinski definition) is 3. The van der Waals surface area contributed by atoms with Crippen molar-refractivity contribution in [2.24, 2.45) is 5.92 Å². The number of anilines is 1. The second kappa shape index (κ2) is 9.12. The van der Waals surface area contributed by atoms with Crippen molar-refractivity contribution in [1.29, 1.82) is 0 Å². The van der Waals surface area contributed by atoms with E-state index < -0.39 is 0 Å². The minimum absolute atomic E-state index is 0.0123. The number of rotatable bonds is 7. The number of nitrogens with one attached hydrogen (secondary N) is 1. The third-order valence-corrected chi connectivity index (χ3v) is 5.85. The van der Waals surface area contributed by atoms with Crippen LogP contribution in [-0.2, 0) is 17.8 Å². The Hall–Kier alpha value is -3.48. The molecule has 1 aliphatic rings. The van der Waals surface area contributed by atoms with Crippen LogP contribution in [0.4, 0.5) is 5.95 Å². The zero-order valence-corrected chi connectivity index (χ0v) is 17.5. The van der Waals surface area contributed by atoms with Crippen molar-refractivity contribution >= 4 is 22.9 Å². The summed E-state index contributed by atoms with van der Waals surface area (Å²) in [6, 6.07) is 12.8. The molecule has 2 heterocycles. The second-order valence-electron chi connectivity index (χ2n) is 7.93. The number of hydrogen-bond acceptors (Lipinski definition) is 5. The minimum Gasteiger partial charge on any atom is -0.504 e. The van der Waals surface area contributed by atoms with Crippen LogP contribution in [-0.4, -0.2) is 45.3 Å². The van der Waals surface area contributed by atoms with Crippen molar-refractivity contribution in [3.63, 3.8) is 0 Å². The molecule has 3 N–H and O–H groups in total. The fourth-order valence-electron chi connectivity index (χ4n) is 4.15. The van der Waals surface area contributed by atoms with Crippen molar-refractivity contribution in [2.45, 2.75) is 25.8 Å². The number of phenols is 2. The van der Waals surface area contributed by atoms with Gasteiger partial charge in [-0.15, -0.1) is 6.58 Å². The molecule has 4 rings (SSSR count). The van der Waals surface area contributed by atoms with Crippen LogP contribution in [0.2, 0.25) is 0 Å². The molecule has 0 radical (unpaired) electrons. The summed E-state index contributed by atoms with van der Waals surface area (Å²) < 4.78 is 2.18. The Morgan fingerprint density at radius 1 is 1.16 bits per heavy atom. The van der Waals surface area contributed by atoms with Crippen LogP contribution in [0.15, 0.2) is 55.1 Å². The molecule has 3 aromatic rings. The number of benzene rings is 2. The number of aromatic hydroxyl groups is 2. The first-order chi connectivity index (χ1) is 15.1. The lowest BCUT2D eigenvalue weighted by Gasteiger charge is -2.32. The van der Waals surface area contributed by atoms with Gasteiger partial charge in [0.05, 0.1) is 11.0 Å². The zero-order chi connectivity index (χ0) is 21.8. The SMILES string of the molecule is C=CCn1c(N2CCC(C(=O)NCCc3ccc(O)c(O)c3)CC2)nc2ccccc21. The number of piperidine rings is 1. The van der Waals surface area contributed by atoms with Gasteiger partial charge in [0.25, 0.3) is 0 Å². The molecule has 0 bridgehead atoms. The summed E-state index contributed by atoms with van der Waals surface area (Å²) in [5.41, 5.74) is 2.93. The van der Waals surface area contributed by atoms with Crippen molar-refractivity contribution in [2.75, 3.05) is 24.5 Å². The van der Waals surface area contributed by atoms with Gasteiger partial charge in [-0.2, -0.15) is 0 Å². The molecule has 2 aromatic carbocycles. The Labute approximate surface area is 181 Å². The topological polar surface area (TPSA) is 90.6 Å². The maximum atomic E-state index is 12.6. The summed E-state index contributed by atoms with van der Waals surface area (Å²) >= 11 is 0. The first-order valence-corrected chi connectivity index (χ1v) is 10.7. The van der Waals surface area contributed by atoms with E-state index in [1.807, 2.05) is 24.3 Å². The lowest BCUT2D eigenvalue weighted by atomic mass is 9.96. The van der Waals surface area contributed by atoms with Gasteiger partial charge in [0.2, 0.25) is 11.9 Å². The summed E-state index contributed by atoms with van der Waals surface area (Å²) in [4.78, 5) is 19.7. The lowest BCUT2D eigenvalue weighted by molar-refractivity contribution is -0.125. The summed E-state index contributed by atoms with van der Waals surface area (Å²) in [6.07, 6.45) is 4.04. The van der Waals surface area contributed by atoms with E-state index in [2.05, 4.69) is 27.4 Å². The number of carbonyl (C=O) groups excluding carboxylic acids is 1. The normalized spacial score (nSPS) is 14.6. The standard InChI is InChI=1S/C24H28N4O3/c1-2-13-28-20-6-4-3-5-19(20)26-24(28)27-14-10-18(11-15-27)23(31)25-12-9-17-7-8-21(29)22(30)16-17/h2-8,16,18,29-30H,1,9-15H2,(H,25,31). The van der Waals surface area contributed by atoms with Crippen LogP contribution in [0.1, 0.15) is 18.4 Å². The number of amides is 1. The van der Waals surface area contributed by atoms with Crippen molar-refractivity contribution in [1.82, 2.24) is 14.9 Å². The van der Waals surface area contributed by atoms with Crippen LogP contribution in [0.3, 0.4) is 0 Å². The molecule has 7 heteroatoms. The highest BCUT2D eigenvalue weighted by atomic mass is 16.3. The second-order valence-corrected chi connectivity index (χ2v) is 7.93. The van der Waals surface area contributed by atoms with E-state index in [1.54, 1.807) is 6.07 Å². The number of allylic oxidation sites excluding steroid dienone is 1. The van der Waals surface area contributed by atoms with Gasteiger partial charge in [0.1, 0.15) is 0 Å². The molecule has 0 atom stereocenters. The Morgan fingerprint density at radius 3 is 2.68 bits per heavy atom. The molecule has 0 aliphatic carbocycles. The van der Waals surface area contributed by atoms with Gasteiger partial charge in [-0.3, -0.25) is 4.79 Å².